The maximum absolute atomic E-state index is 13.4. The zero-order valence-electron chi connectivity index (χ0n) is 61.5. The number of carbonyl (C=O) groups is 1. The minimum Gasteiger partial charge on any atom is -0.481 e. The monoisotopic (exact) mass is 1560 g/mol. The van der Waals surface area contributed by atoms with Gasteiger partial charge in [-0.3, -0.25) is 4.79 Å². The molecule has 43 atom stereocenters. The summed E-state index contributed by atoms with van der Waals surface area (Å²) < 4.78 is 84.5. The molecule has 7 heterocycles. The molecule has 4 saturated carbocycles. The van der Waals surface area contributed by atoms with Crippen LogP contribution in [0.25, 0.3) is 0 Å². The standard InChI is InChI=1S/C71H116O37/c1-26-38(78)54(105-60-50(90)47(87)53(33(23-76)101-60)104-64-57(46(86)41(81)31(21-74)100-64)108-59-49(89)45(85)40(80)30(20-73)98-59)51(91)61(96-26)107-56-43(83)34(102-62-52(92)55(42(82)32(22-75)99-62)106-58-48(88)44(84)39(79)29(19-72)97-58)24-95-63(56)103-37-11-12-67(4)35(68(37,5)25-77)10-13-70(7)36(67)9-8-27-28-18-66(2,3)14-16-71(28,65(93)94)17-15-69(27,70)6/h8,26,28-64,72-92H,9-25H2,1-7H3,(H,93,94). The van der Waals surface area contributed by atoms with Crippen molar-refractivity contribution < 1.29 is 183 Å². The zero-order chi connectivity index (χ0) is 78.7. The first-order valence-corrected chi connectivity index (χ1v) is 37.8. The Morgan fingerprint density at radius 1 is 0.426 bits per heavy atom. The number of rotatable bonds is 21. The molecule has 37 heteroatoms. The highest BCUT2D eigenvalue weighted by Gasteiger charge is 2.71. The molecule has 0 amide bonds. The summed E-state index contributed by atoms with van der Waals surface area (Å²) in [6, 6.07) is 0. The average Bonchev–Trinajstić information content (AvgIpc) is 0.674. The van der Waals surface area contributed by atoms with Gasteiger partial charge in [0.15, 0.2) is 44.0 Å². The van der Waals surface area contributed by atoms with Crippen molar-refractivity contribution in [3.8, 4) is 0 Å². The van der Waals surface area contributed by atoms with Gasteiger partial charge in [0.25, 0.3) is 0 Å². The highest BCUT2D eigenvalue weighted by atomic mass is 16.8. The van der Waals surface area contributed by atoms with Crippen molar-refractivity contribution in [2.45, 2.75) is 328 Å². The normalized spacial score (nSPS) is 54.7. The molecule has 622 valence electrons. The van der Waals surface area contributed by atoms with Crippen molar-refractivity contribution in [3.05, 3.63) is 11.6 Å². The largest absolute Gasteiger partial charge is 0.481 e. The van der Waals surface area contributed by atoms with Crippen molar-refractivity contribution in [3.63, 3.8) is 0 Å². The van der Waals surface area contributed by atoms with Crippen LogP contribution in [0.15, 0.2) is 11.6 Å². The minimum absolute atomic E-state index is 0.0549. The SMILES string of the molecule is CC1OC(OC2C(OC3CCC4(C)C(CCC5(C)C4CC=C4C6CC(C)(C)CCC6(C(=O)O)CCC45C)C3(C)CO)OCC(OC3OC(CO)C(O)C(OC4OC(CO)C(O)C(O)C4O)C3O)C2O)C(O)C(OC2OC(CO)C(OC3OC(CO)C(O)C(O)C3OC3OC(CO)C(O)C(O)C3O)C(O)C2O)C1O. The summed E-state index contributed by atoms with van der Waals surface area (Å²) in [6.45, 7) is 8.90. The molecule has 11 fully saturated rings. The summed E-state index contributed by atoms with van der Waals surface area (Å²) in [5, 5.41) is 244. The van der Waals surface area contributed by atoms with Gasteiger partial charge >= 0.3 is 5.97 Å². The molecule has 7 aliphatic heterocycles. The van der Waals surface area contributed by atoms with Gasteiger partial charge in [-0.15, -0.1) is 0 Å². The highest BCUT2D eigenvalue weighted by Crippen LogP contribution is 2.76. The van der Waals surface area contributed by atoms with E-state index in [4.69, 9.17) is 66.3 Å². The Labute approximate surface area is 623 Å². The van der Waals surface area contributed by atoms with Crippen molar-refractivity contribution >= 4 is 5.97 Å². The van der Waals surface area contributed by atoms with E-state index < -0.39 is 283 Å². The van der Waals surface area contributed by atoms with Crippen LogP contribution in [0.1, 0.15) is 113 Å². The van der Waals surface area contributed by atoms with Gasteiger partial charge in [0.1, 0.15) is 159 Å². The number of hydrogen-bond acceptors (Lipinski definition) is 36. The summed E-state index contributed by atoms with van der Waals surface area (Å²) in [6.07, 6.45) is -56.9. The van der Waals surface area contributed by atoms with Gasteiger partial charge in [0.2, 0.25) is 0 Å². The van der Waals surface area contributed by atoms with Crippen molar-refractivity contribution in [2.75, 3.05) is 46.2 Å². The Morgan fingerprint density at radius 2 is 0.880 bits per heavy atom. The smallest absolute Gasteiger partial charge is 0.310 e. The summed E-state index contributed by atoms with van der Waals surface area (Å²) in [5.74, 6) is -1.02. The van der Waals surface area contributed by atoms with E-state index >= 15 is 0 Å². The van der Waals surface area contributed by atoms with Crippen LogP contribution in [-0.2, 0) is 71.1 Å². The minimum atomic E-state index is -2.26. The molecule has 0 radical (unpaired) electrons. The molecular weight excluding hydrogens is 1440 g/mol. The second kappa shape index (κ2) is 32.7. The molecule has 0 bridgehead atoms. The van der Waals surface area contributed by atoms with E-state index in [1.165, 1.54) is 12.5 Å². The molecule has 12 aliphatic rings. The van der Waals surface area contributed by atoms with E-state index in [0.717, 1.165) is 19.3 Å². The zero-order valence-corrected chi connectivity index (χ0v) is 61.5. The van der Waals surface area contributed by atoms with Crippen molar-refractivity contribution in [1.82, 2.24) is 0 Å². The molecule has 0 aromatic carbocycles. The third-order valence-electron chi connectivity index (χ3n) is 27.6. The van der Waals surface area contributed by atoms with Crippen molar-refractivity contribution in [1.29, 1.82) is 0 Å². The number of aliphatic hydroxyl groups is 21. The summed E-state index contributed by atoms with van der Waals surface area (Å²) >= 11 is 0. The lowest BCUT2D eigenvalue weighted by molar-refractivity contribution is -0.402. The van der Waals surface area contributed by atoms with E-state index in [9.17, 15) is 117 Å². The fourth-order valence-corrected chi connectivity index (χ4v) is 20.7. The fourth-order valence-electron chi connectivity index (χ4n) is 20.7. The second-order valence-electron chi connectivity index (χ2n) is 34.1. The molecule has 0 aromatic rings. The Morgan fingerprint density at radius 3 is 1.43 bits per heavy atom. The quantitative estimate of drug-likeness (QED) is 0.0375. The van der Waals surface area contributed by atoms with E-state index in [2.05, 4.69) is 40.7 Å². The number of fused-ring (bicyclic) bond motifs is 7. The number of hydrogen-bond donors (Lipinski definition) is 22. The lowest BCUT2D eigenvalue weighted by atomic mass is 9.33. The number of aliphatic hydroxyl groups excluding tert-OH is 21. The molecule has 0 aromatic heterocycles. The summed E-state index contributed by atoms with van der Waals surface area (Å²) in [7, 11) is 0. The summed E-state index contributed by atoms with van der Waals surface area (Å²) in [5.41, 5.74) is -1.79. The van der Waals surface area contributed by atoms with Gasteiger partial charge in [-0.05, 0) is 111 Å². The van der Waals surface area contributed by atoms with E-state index in [1.54, 1.807) is 0 Å². The van der Waals surface area contributed by atoms with Gasteiger partial charge in [-0.1, -0.05) is 53.2 Å². The Bertz CT molecular complexity index is 3050. The van der Waals surface area contributed by atoms with Gasteiger partial charge < -0.3 is 179 Å². The first kappa shape index (κ1) is 85.2. The van der Waals surface area contributed by atoms with Crippen LogP contribution in [-0.4, -0.2) is 380 Å². The van der Waals surface area contributed by atoms with Crippen LogP contribution in [0, 0.1) is 50.2 Å². The fraction of sp³-hybridized carbons (Fsp3) is 0.958. The van der Waals surface area contributed by atoms with E-state index in [1.807, 2.05) is 6.92 Å². The number of aliphatic carboxylic acids is 1. The predicted molar refractivity (Wildman–Crippen MR) is 355 cm³/mol. The van der Waals surface area contributed by atoms with Gasteiger partial charge in [0.05, 0.1) is 63.9 Å². The number of carboxylic acids is 1. The van der Waals surface area contributed by atoms with Crippen LogP contribution < -0.4 is 0 Å². The topological polar surface area (TPSA) is 591 Å². The van der Waals surface area contributed by atoms with Crippen LogP contribution in [0.3, 0.4) is 0 Å². The van der Waals surface area contributed by atoms with E-state index in [0.29, 0.717) is 44.9 Å². The molecule has 22 N–H and O–H groups in total. The Balaban J connectivity index is 0.801. The van der Waals surface area contributed by atoms with Crippen LogP contribution >= 0.6 is 0 Å². The van der Waals surface area contributed by atoms with Gasteiger partial charge in [0, 0.05) is 5.41 Å². The maximum atomic E-state index is 13.4. The molecule has 7 saturated heterocycles. The maximum Gasteiger partial charge on any atom is 0.310 e. The van der Waals surface area contributed by atoms with Crippen LogP contribution in [0.2, 0.25) is 0 Å². The molecule has 5 aliphatic carbocycles. The molecule has 37 nitrogen and oxygen atoms in total. The van der Waals surface area contributed by atoms with E-state index in [-0.39, 0.29) is 34.0 Å². The number of carboxylic acid groups (broad SMARTS) is 1. The molecule has 43 unspecified atom stereocenters. The lowest BCUT2D eigenvalue weighted by Gasteiger charge is -2.71. The third kappa shape index (κ3) is 14.7. The number of ether oxygens (including phenoxy) is 14. The molecule has 12 rings (SSSR count). The first-order chi connectivity index (χ1) is 50.9. The van der Waals surface area contributed by atoms with Gasteiger partial charge in [-0.2, -0.15) is 0 Å². The Hall–Kier alpha value is -2.19. The highest BCUT2D eigenvalue weighted by molar-refractivity contribution is 5.76. The van der Waals surface area contributed by atoms with Crippen LogP contribution in [0.4, 0.5) is 0 Å². The second-order valence-corrected chi connectivity index (χ2v) is 34.1. The first-order valence-electron chi connectivity index (χ1n) is 37.8. The summed E-state index contributed by atoms with van der Waals surface area (Å²) in [4.78, 5) is 13.4. The molecule has 0 spiro atoms. The Kier molecular flexibility index (Phi) is 25.8. The third-order valence-corrected chi connectivity index (χ3v) is 27.6. The predicted octanol–water partition coefficient (Wildman–Crippen LogP) is -7.36. The molecule has 108 heavy (non-hydrogen) atoms. The molecular formula is C71H116O37. The average molecular weight is 1560 g/mol. The number of allylic oxidation sites excluding steroid dienone is 2. The van der Waals surface area contributed by atoms with Gasteiger partial charge in [-0.25, -0.2) is 0 Å². The lowest BCUT2D eigenvalue weighted by Crippen LogP contribution is -2.68. The van der Waals surface area contributed by atoms with Crippen molar-refractivity contribution in [2.24, 2.45) is 50.2 Å². The van der Waals surface area contributed by atoms with Crippen LogP contribution in [0.5, 0.6) is 0 Å².